The van der Waals surface area contributed by atoms with Crippen molar-refractivity contribution in [1.29, 1.82) is 0 Å². The van der Waals surface area contributed by atoms with Gasteiger partial charge in [-0.05, 0) is 62.4 Å². The second kappa shape index (κ2) is 8.74. The summed E-state index contributed by atoms with van der Waals surface area (Å²) in [5.41, 5.74) is 3.17. The Morgan fingerprint density at radius 1 is 1.17 bits per heavy atom. The van der Waals surface area contributed by atoms with E-state index in [1.54, 1.807) is 0 Å². The van der Waals surface area contributed by atoms with E-state index in [0.717, 1.165) is 29.0 Å². The molecule has 24 heavy (non-hydrogen) atoms. The van der Waals surface area contributed by atoms with Gasteiger partial charge in [0.15, 0.2) is 6.61 Å². The average molecular weight is 346 g/mol. The molecule has 1 amide bonds. The van der Waals surface area contributed by atoms with Gasteiger partial charge >= 0.3 is 0 Å². The summed E-state index contributed by atoms with van der Waals surface area (Å²) in [5.74, 6) is 0.558. The maximum Gasteiger partial charge on any atom is 0.258 e. The van der Waals surface area contributed by atoms with Crippen molar-refractivity contribution in [1.82, 2.24) is 5.32 Å². The highest BCUT2D eigenvalue weighted by Crippen LogP contribution is 2.25. The first-order valence-corrected chi connectivity index (χ1v) is 8.56. The number of carbonyl (C=O) groups excluding carboxylic acids is 1. The predicted octanol–water partition coefficient (Wildman–Crippen LogP) is 4.47. The first kappa shape index (κ1) is 18.3. The number of hydrogen-bond donors (Lipinski definition) is 1. The summed E-state index contributed by atoms with van der Waals surface area (Å²) in [6, 6.07) is 14.1. The summed E-state index contributed by atoms with van der Waals surface area (Å²) in [5, 5.41) is 3.71. The standard InChI is InChI=1S/C20H24ClNO2/c1-14-11-18(12-15(2)20(14)21)24-13-19(23)22-16(3)9-10-17-7-5-4-6-8-17/h4-8,11-12,16H,9-10,13H2,1-3H3,(H,22,23). The van der Waals surface area contributed by atoms with E-state index in [-0.39, 0.29) is 18.6 Å². The minimum atomic E-state index is -0.110. The SMILES string of the molecule is Cc1cc(OCC(=O)NC(C)CCc2ccccc2)cc(C)c1Cl. The molecule has 4 heteroatoms. The van der Waals surface area contributed by atoms with Crippen LogP contribution in [0, 0.1) is 13.8 Å². The number of nitrogens with one attached hydrogen (secondary N) is 1. The lowest BCUT2D eigenvalue weighted by Crippen LogP contribution is -2.36. The van der Waals surface area contributed by atoms with Crippen LogP contribution in [-0.2, 0) is 11.2 Å². The van der Waals surface area contributed by atoms with E-state index in [2.05, 4.69) is 17.4 Å². The number of hydrogen-bond acceptors (Lipinski definition) is 2. The fourth-order valence-corrected chi connectivity index (χ4v) is 2.66. The molecule has 2 rings (SSSR count). The van der Waals surface area contributed by atoms with E-state index in [9.17, 15) is 4.79 Å². The Hall–Kier alpha value is -2.00. The molecule has 128 valence electrons. The summed E-state index contributed by atoms with van der Waals surface area (Å²) in [7, 11) is 0. The fraction of sp³-hybridized carbons (Fsp3) is 0.350. The third-order valence-corrected chi connectivity index (χ3v) is 4.49. The number of amides is 1. The molecule has 3 nitrogen and oxygen atoms in total. The van der Waals surface area contributed by atoms with Crippen molar-refractivity contribution in [3.05, 3.63) is 64.2 Å². The van der Waals surface area contributed by atoms with Crippen molar-refractivity contribution >= 4 is 17.5 Å². The highest BCUT2D eigenvalue weighted by atomic mass is 35.5. The minimum Gasteiger partial charge on any atom is -0.484 e. The zero-order chi connectivity index (χ0) is 17.5. The molecule has 0 aromatic heterocycles. The van der Waals surface area contributed by atoms with Gasteiger partial charge in [0, 0.05) is 11.1 Å². The number of carbonyl (C=O) groups is 1. The highest BCUT2D eigenvalue weighted by molar-refractivity contribution is 6.32. The molecule has 0 fully saturated rings. The molecule has 1 N–H and O–H groups in total. The molecule has 0 heterocycles. The first-order chi connectivity index (χ1) is 11.5. The lowest BCUT2D eigenvalue weighted by atomic mass is 10.1. The van der Waals surface area contributed by atoms with Crippen molar-refractivity contribution < 1.29 is 9.53 Å². The number of aryl methyl sites for hydroxylation is 3. The van der Waals surface area contributed by atoms with Crippen LogP contribution in [0.25, 0.3) is 0 Å². The maximum absolute atomic E-state index is 12.0. The molecule has 0 aliphatic rings. The van der Waals surface area contributed by atoms with E-state index >= 15 is 0 Å². The summed E-state index contributed by atoms with van der Waals surface area (Å²) >= 11 is 6.13. The van der Waals surface area contributed by atoms with Crippen LogP contribution in [0.1, 0.15) is 30.0 Å². The smallest absolute Gasteiger partial charge is 0.258 e. The number of ether oxygens (including phenoxy) is 1. The second-order valence-electron chi connectivity index (χ2n) is 6.15. The Labute approximate surface area is 149 Å². The van der Waals surface area contributed by atoms with Gasteiger partial charge in [-0.15, -0.1) is 0 Å². The van der Waals surface area contributed by atoms with Gasteiger partial charge in [0.25, 0.3) is 5.91 Å². The van der Waals surface area contributed by atoms with Crippen molar-refractivity contribution in [3.63, 3.8) is 0 Å². The van der Waals surface area contributed by atoms with Crippen LogP contribution in [0.5, 0.6) is 5.75 Å². The number of halogens is 1. The van der Waals surface area contributed by atoms with Crippen LogP contribution in [0.4, 0.5) is 0 Å². The summed E-state index contributed by atoms with van der Waals surface area (Å²) in [6.07, 6.45) is 1.84. The molecule has 0 spiro atoms. The van der Waals surface area contributed by atoms with Gasteiger partial charge in [-0.2, -0.15) is 0 Å². The number of rotatable bonds is 7. The molecule has 2 aromatic carbocycles. The van der Waals surface area contributed by atoms with E-state index < -0.39 is 0 Å². The topological polar surface area (TPSA) is 38.3 Å². The summed E-state index contributed by atoms with van der Waals surface area (Å²) in [4.78, 5) is 12.0. The predicted molar refractivity (Wildman–Crippen MR) is 98.8 cm³/mol. The fourth-order valence-electron chi connectivity index (χ4n) is 2.55. The molecule has 1 atom stereocenters. The van der Waals surface area contributed by atoms with Crippen molar-refractivity contribution in [2.24, 2.45) is 0 Å². The molecule has 0 saturated carbocycles. The van der Waals surface area contributed by atoms with Crippen molar-refractivity contribution in [2.75, 3.05) is 6.61 Å². The zero-order valence-corrected chi connectivity index (χ0v) is 15.2. The average Bonchev–Trinajstić information content (AvgIpc) is 2.57. The number of benzene rings is 2. The third-order valence-electron chi connectivity index (χ3n) is 3.90. The molecule has 0 aliphatic carbocycles. The van der Waals surface area contributed by atoms with Gasteiger partial charge in [0.2, 0.25) is 0 Å². The van der Waals surface area contributed by atoms with E-state index in [0.29, 0.717) is 5.75 Å². The van der Waals surface area contributed by atoms with Crippen molar-refractivity contribution in [3.8, 4) is 5.75 Å². The molecule has 0 bridgehead atoms. The van der Waals surface area contributed by atoms with E-state index in [4.69, 9.17) is 16.3 Å². The molecule has 0 radical (unpaired) electrons. The Morgan fingerprint density at radius 3 is 2.42 bits per heavy atom. The molecule has 0 aliphatic heterocycles. The van der Waals surface area contributed by atoms with Gasteiger partial charge in [0.05, 0.1) is 0 Å². The third kappa shape index (κ3) is 5.57. The normalized spacial score (nSPS) is 11.8. The minimum absolute atomic E-state index is 0.0101. The molecule has 0 saturated heterocycles. The van der Waals surface area contributed by atoms with E-state index in [1.807, 2.05) is 51.1 Å². The Kier molecular flexibility index (Phi) is 6.68. The van der Waals surface area contributed by atoms with Gasteiger partial charge in [0.1, 0.15) is 5.75 Å². The van der Waals surface area contributed by atoms with Crippen LogP contribution >= 0.6 is 11.6 Å². The van der Waals surface area contributed by atoms with Crippen LogP contribution in [0.15, 0.2) is 42.5 Å². The van der Waals surface area contributed by atoms with Gasteiger partial charge in [-0.1, -0.05) is 41.9 Å². The molecular weight excluding hydrogens is 322 g/mol. The maximum atomic E-state index is 12.0. The van der Waals surface area contributed by atoms with Crippen molar-refractivity contribution in [2.45, 2.75) is 39.7 Å². The summed E-state index contributed by atoms with van der Waals surface area (Å²) in [6.45, 7) is 5.87. The first-order valence-electron chi connectivity index (χ1n) is 8.18. The van der Waals surface area contributed by atoms with Crippen LogP contribution in [0.2, 0.25) is 5.02 Å². The quantitative estimate of drug-likeness (QED) is 0.803. The second-order valence-corrected chi connectivity index (χ2v) is 6.53. The Balaban J connectivity index is 1.76. The molecule has 2 aromatic rings. The lowest BCUT2D eigenvalue weighted by molar-refractivity contribution is -0.123. The van der Waals surface area contributed by atoms with Gasteiger partial charge in [-0.25, -0.2) is 0 Å². The van der Waals surface area contributed by atoms with Crippen LogP contribution in [0.3, 0.4) is 0 Å². The Bertz CT molecular complexity index is 662. The monoisotopic (exact) mass is 345 g/mol. The largest absolute Gasteiger partial charge is 0.484 e. The van der Waals surface area contributed by atoms with Gasteiger partial charge in [-0.3, -0.25) is 4.79 Å². The summed E-state index contributed by atoms with van der Waals surface area (Å²) < 4.78 is 5.58. The van der Waals surface area contributed by atoms with Gasteiger partial charge < -0.3 is 10.1 Å². The van der Waals surface area contributed by atoms with Crippen LogP contribution < -0.4 is 10.1 Å². The van der Waals surface area contributed by atoms with Crippen LogP contribution in [-0.4, -0.2) is 18.6 Å². The molecule has 1 unspecified atom stereocenters. The Morgan fingerprint density at radius 2 is 1.79 bits per heavy atom. The highest BCUT2D eigenvalue weighted by Gasteiger charge is 2.10. The van der Waals surface area contributed by atoms with E-state index in [1.165, 1.54) is 5.56 Å². The lowest BCUT2D eigenvalue weighted by Gasteiger charge is -2.15. The molecular formula is C20H24ClNO2. The zero-order valence-electron chi connectivity index (χ0n) is 14.4.